The molecule has 0 aliphatic carbocycles. The van der Waals surface area contributed by atoms with Gasteiger partial charge in [-0.25, -0.2) is 4.98 Å². The number of thiophene rings is 2. The van der Waals surface area contributed by atoms with Crippen molar-refractivity contribution in [3.8, 4) is 39.9 Å². The monoisotopic (exact) mass is 686 g/mol. The third-order valence-electron chi connectivity index (χ3n) is 9.88. The van der Waals surface area contributed by atoms with Gasteiger partial charge < -0.3 is 0 Å². The zero-order valence-corrected chi connectivity index (χ0v) is 28.7. The zero-order valence-electron chi connectivity index (χ0n) is 27.1. The van der Waals surface area contributed by atoms with E-state index in [1.807, 2.05) is 17.4 Å². The third kappa shape index (κ3) is 4.40. The molecule has 0 aliphatic rings. The molecule has 51 heavy (non-hydrogen) atoms. The van der Waals surface area contributed by atoms with Crippen molar-refractivity contribution in [3.63, 3.8) is 0 Å². The summed E-state index contributed by atoms with van der Waals surface area (Å²) < 4.78 is 7.23. The number of rotatable bonds is 4. The van der Waals surface area contributed by atoms with E-state index in [4.69, 9.17) is 15.0 Å². The predicted octanol–water partition coefficient (Wildman–Crippen LogP) is 12.7. The van der Waals surface area contributed by atoms with Crippen LogP contribution < -0.4 is 0 Å². The Morgan fingerprint density at radius 1 is 0.392 bits per heavy atom. The second-order valence-corrected chi connectivity index (χ2v) is 14.9. The van der Waals surface area contributed by atoms with E-state index in [-0.39, 0.29) is 0 Å². The number of hydrogen-bond donors (Lipinski definition) is 0. The number of hydrogen-bond acceptors (Lipinski definition) is 5. The van der Waals surface area contributed by atoms with Crippen LogP contribution in [0.25, 0.3) is 102 Å². The van der Waals surface area contributed by atoms with E-state index in [1.165, 1.54) is 51.1 Å². The van der Waals surface area contributed by atoms with Crippen LogP contribution in [0.5, 0.6) is 0 Å². The zero-order chi connectivity index (χ0) is 33.5. The predicted molar refractivity (Wildman–Crippen MR) is 216 cm³/mol. The molecule has 4 aromatic heterocycles. The van der Waals surface area contributed by atoms with Crippen molar-refractivity contribution in [2.24, 2.45) is 0 Å². The van der Waals surface area contributed by atoms with Gasteiger partial charge in [-0.05, 0) is 47.5 Å². The van der Waals surface area contributed by atoms with Gasteiger partial charge in [0.15, 0.2) is 11.6 Å². The van der Waals surface area contributed by atoms with E-state index in [0.717, 1.165) is 33.3 Å². The summed E-state index contributed by atoms with van der Waals surface area (Å²) in [6.07, 6.45) is 0. The number of nitrogens with zero attached hydrogens (tertiary/aromatic N) is 4. The van der Waals surface area contributed by atoms with E-state index >= 15 is 0 Å². The number of fused-ring (bicyclic) bond motifs is 10. The molecule has 0 saturated heterocycles. The second kappa shape index (κ2) is 11.2. The molecular formula is C45H26N4S2. The van der Waals surface area contributed by atoms with Gasteiger partial charge in [0.05, 0.1) is 11.0 Å². The van der Waals surface area contributed by atoms with Gasteiger partial charge in [-0.15, -0.1) is 22.7 Å². The Kier molecular flexibility index (Phi) is 6.26. The summed E-state index contributed by atoms with van der Waals surface area (Å²) in [6.45, 7) is 0. The van der Waals surface area contributed by atoms with Gasteiger partial charge in [-0.3, -0.25) is 4.57 Å². The van der Waals surface area contributed by atoms with Crippen molar-refractivity contribution in [2.75, 3.05) is 0 Å². The summed E-state index contributed by atoms with van der Waals surface area (Å²) in [5.74, 6) is 1.90. The molecule has 0 fully saturated rings. The number of para-hydroxylation sites is 1. The fourth-order valence-corrected chi connectivity index (χ4v) is 10.0. The van der Waals surface area contributed by atoms with Crippen LogP contribution in [0.15, 0.2) is 158 Å². The van der Waals surface area contributed by atoms with E-state index in [2.05, 4.69) is 156 Å². The molecule has 4 nitrogen and oxygen atoms in total. The first-order chi connectivity index (χ1) is 25.3. The van der Waals surface area contributed by atoms with Crippen LogP contribution in [0.3, 0.4) is 0 Å². The topological polar surface area (TPSA) is 43.6 Å². The van der Waals surface area contributed by atoms with Crippen molar-refractivity contribution >= 4 is 84.8 Å². The van der Waals surface area contributed by atoms with Crippen molar-refractivity contribution in [2.45, 2.75) is 0 Å². The average molecular weight is 687 g/mol. The van der Waals surface area contributed by atoms with Crippen molar-refractivity contribution < 1.29 is 0 Å². The minimum Gasteiger partial charge on any atom is -0.278 e. The molecule has 238 valence electrons. The van der Waals surface area contributed by atoms with Crippen molar-refractivity contribution in [3.05, 3.63) is 158 Å². The molecule has 0 atom stereocenters. The summed E-state index contributed by atoms with van der Waals surface area (Å²) in [7, 11) is 0. The molecule has 0 radical (unpaired) electrons. The summed E-state index contributed by atoms with van der Waals surface area (Å²) in [4.78, 5) is 15.9. The van der Waals surface area contributed by atoms with Crippen LogP contribution in [-0.2, 0) is 0 Å². The van der Waals surface area contributed by atoms with Gasteiger partial charge in [0, 0.05) is 62.2 Å². The van der Waals surface area contributed by atoms with Gasteiger partial charge in [0.2, 0.25) is 5.95 Å². The molecule has 0 N–H and O–H groups in total. The minimum atomic E-state index is 0.602. The SMILES string of the molecule is c1ccc(-c2cccc(-c3nc(-c4cccc5c4sc4ccccc45)nc(-n4c5ccccc5c5c6sc7ccccc7c6ccc54)n3)c2)cc1. The van der Waals surface area contributed by atoms with E-state index < -0.39 is 0 Å². The lowest BCUT2D eigenvalue weighted by molar-refractivity contribution is 0.955. The van der Waals surface area contributed by atoms with Gasteiger partial charge in [0.1, 0.15) is 0 Å². The molecule has 6 heteroatoms. The van der Waals surface area contributed by atoms with Gasteiger partial charge >= 0.3 is 0 Å². The highest BCUT2D eigenvalue weighted by Crippen LogP contribution is 2.44. The largest absolute Gasteiger partial charge is 0.278 e. The van der Waals surface area contributed by atoms with Crippen LogP contribution in [0.2, 0.25) is 0 Å². The molecule has 0 bridgehead atoms. The lowest BCUT2D eigenvalue weighted by Crippen LogP contribution is -2.06. The molecular weight excluding hydrogens is 661 g/mol. The summed E-state index contributed by atoms with van der Waals surface area (Å²) in [6, 6.07) is 55.9. The Labute approximate surface area is 300 Å². The average Bonchev–Trinajstić information content (AvgIpc) is 3.88. The van der Waals surface area contributed by atoms with Crippen LogP contribution >= 0.6 is 22.7 Å². The molecule has 7 aromatic carbocycles. The highest BCUT2D eigenvalue weighted by atomic mass is 32.1. The molecule has 0 unspecified atom stereocenters. The smallest absolute Gasteiger partial charge is 0.238 e. The Balaban J connectivity index is 1.22. The number of benzene rings is 7. The Morgan fingerprint density at radius 2 is 1.00 bits per heavy atom. The Bertz CT molecular complexity index is 3150. The molecule has 4 heterocycles. The highest BCUT2D eigenvalue weighted by Gasteiger charge is 2.22. The van der Waals surface area contributed by atoms with Gasteiger partial charge in [-0.1, -0.05) is 121 Å². The van der Waals surface area contributed by atoms with Crippen molar-refractivity contribution in [1.82, 2.24) is 19.5 Å². The molecule has 0 aliphatic heterocycles. The summed E-state index contributed by atoms with van der Waals surface area (Å²) in [5, 5.41) is 7.44. The Morgan fingerprint density at radius 3 is 1.82 bits per heavy atom. The minimum absolute atomic E-state index is 0.602. The third-order valence-corrected chi connectivity index (χ3v) is 12.3. The van der Waals surface area contributed by atoms with E-state index in [1.54, 1.807) is 11.3 Å². The van der Waals surface area contributed by atoms with E-state index in [0.29, 0.717) is 17.6 Å². The van der Waals surface area contributed by atoms with Gasteiger partial charge in [0.25, 0.3) is 0 Å². The maximum absolute atomic E-state index is 5.35. The fraction of sp³-hybridized carbons (Fsp3) is 0. The van der Waals surface area contributed by atoms with Crippen molar-refractivity contribution in [1.29, 1.82) is 0 Å². The first-order valence-electron chi connectivity index (χ1n) is 16.9. The van der Waals surface area contributed by atoms with E-state index in [9.17, 15) is 0 Å². The molecule has 0 spiro atoms. The lowest BCUT2D eigenvalue weighted by atomic mass is 10.0. The summed E-state index contributed by atoms with van der Waals surface area (Å²) >= 11 is 3.64. The van der Waals surface area contributed by atoms with Crippen LogP contribution in [0.1, 0.15) is 0 Å². The summed E-state index contributed by atoms with van der Waals surface area (Å²) in [5.41, 5.74) is 6.36. The fourth-order valence-electron chi connectivity index (χ4n) is 7.56. The van der Waals surface area contributed by atoms with Crippen LogP contribution in [0, 0.1) is 0 Å². The molecule has 11 aromatic rings. The van der Waals surface area contributed by atoms with Crippen LogP contribution in [0.4, 0.5) is 0 Å². The lowest BCUT2D eigenvalue weighted by Gasteiger charge is -2.12. The van der Waals surface area contributed by atoms with Crippen LogP contribution in [-0.4, -0.2) is 19.5 Å². The first-order valence-corrected chi connectivity index (χ1v) is 18.6. The quantitative estimate of drug-likeness (QED) is 0.185. The molecule has 0 saturated carbocycles. The van der Waals surface area contributed by atoms with Gasteiger partial charge in [-0.2, -0.15) is 9.97 Å². The second-order valence-electron chi connectivity index (χ2n) is 12.8. The maximum atomic E-state index is 5.35. The first kappa shape index (κ1) is 28.6. The Hall–Kier alpha value is -6.21. The standard InChI is InChI=1S/C45H26N4S2/c1-2-12-27(13-3-1)28-14-10-15-29(26-28)43-46-44(35-20-11-19-32-30-16-5-8-22-38(30)50-41(32)35)48-45(47-43)49-36-21-7-4-18-34(36)40-37(49)25-24-33-31-17-6-9-23-39(31)51-42(33)40/h1-26H. The number of aromatic nitrogens is 4. The molecule has 11 rings (SSSR count). The normalized spacial score (nSPS) is 11.9. The maximum Gasteiger partial charge on any atom is 0.238 e. The highest BCUT2D eigenvalue weighted by molar-refractivity contribution is 7.27. The molecule has 0 amide bonds.